The molecule has 0 saturated carbocycles. The molecule has 1 aliphatic heterocycles. The molecule has 3 heterocycles. The highest BCUT2D eigenvalue weighted by atomic mass is 16.5. The Hall–Kier alpha value is -2.90. The Balaban J connectivity index is 1.50. The van der Waals surface area contributed by atoms with Crippen LogP contribution < -0.4 is 10.1 Å². The van der Waals surface area contributed by atoms with Crippen LogP contribution in [0.5, 0.6) is 5.88 Å². The number of anilines is 1. The zero-order valence-electron chi connectivity index (χ0n) is 13.4. The fourth-order valence-corrected chi connectivity index (χ4v) is 2.62. The van der Waals surface area contributed by atoms with Gasteiger partial charge in [0.15, 0.2) is 0 Å². The molecule has 1 fully saturated rings. The standard InChI is InChI=1S/C16H19N5O3/c1-11(22)19-12-2-3-15(17-10-12)24-13-5-8-21(9-6-13)16(23)14-4-7-18-20-14/h2-4,7,10,13H,5-6,8-9H2,1H3,(H,18,20)(H,19,22). The molecule has 8 heteroatoms. The van der Waals surface area contributed by atoms with Gasteiger partial charge >= 0.3 is 0 Å². The molecule has 1 aliphatic rings. The minimum Gasteiger partial charge on any atom is -0.474 e. The number of piperidine rings is 1. The summed E-state index contributed by atoms with van der Waals surface area (Å²) in [6.45, 7) is 2.71. The molecule has 0 spiro atoms. The van der Waals surface area contributed by atoms with Crippen molar-refractivity contribution in [1.82, 2.24) is 20.1 Å². The monoisotopic (exact) mass is 329 g/mol. The lowest BCUT2D eigenvalue weighted by molar-refractivity contribution is -0.114. The Bertz CT molecular complexity index is 691. The van der Waals surface area contributed by atoms with Gasteiger partial charge in [-0.3, -0.25) is 14.7 Å². The first-order valence-corrected chi connectivity index (χ1v) is 7.81. The number of nitrogens with one attached hydrogen (secondary N) is 2. The van der Waals surface area contributed by atoms with Crippen LogP contribution in [0.15, 0.2) is 30.6 Å². The van der Waals surface area contributed by atoms with Crippen LogP contribution in [0.25, 0.3) is 0 Å². The molecular weight excluding hydrogens is 310 g/mol. The molecular formula is C16H19N5O3. The van der Waals surface area contributed by atoms with E-state index in [0.717, 1.165) is 12.8 Å². The maximum absolute atomic E-state index is 12.2. The number of amides is 2. The molecule has 24 heavy (non-hydrogen) atoms. The van der Waals surface area contributed by atoms with Crippen molar-refractivity contribution in [3.05, 3.63) is 36.3 Å². The van der Waals surface area contributed by atoms with Crippen molar-refractivity contribution < 1.29 is 14.3 Å². The van der Waals surface area contributed by atoms with E-state index in [-0.39, 0.29) is 17.9 Å². The second-order valence-electron chi connectivity index (χ2n) is 5.65. The first-order chi connectivity index (χ1) is 11.6. The van der Waals surface area contributed by atoms with E-state index in [2.05, 4.69) is 20.5 Å². The molecule has 126 valence electrons. The average molecular weight is 329 g/mol. The van der Waals surface area contributed by atoms with Gasteiger partial charge in [-0.2, -0.15) is 5.10 Å². The van der Waals surface area contributed by atoms with Crippen molar-refractivity contribution in [3.8, 4) is 5.88 Å². The summed E-state index contributed by atoms with van der Waals surface area (Å²) in [6.07, 6.45) is 4.65. The lowest BCUT2D eigenvalue weighted by Crippen LogP contribution is -2.42. The summed E-state index contributed by atoms with van der Waals surface area (Å²) in [6, 6.07) is 5.15. The lowest BCUT2D eigenvalue weighted by atomic mass is 10.1. The number of carbonyl (C=O) groups is 2. The van der Waals surface area contributed by atoms with Gasteiger partial charge in [-0.25, -0.2) is 4.98 Å². The highest BCUT2D eigenvalue weighted by Gasteiger charge is 2.25. The largest absolute Gasteiger partial charge is 0.474 e. The fourth-order valence-electron chi connectivity index (χ4n) is 2.62. The van der Waals surface area contributed by atoms with E-state index in [4.69, 9.17) is 4.74 Å². The smallest absolute Gasteiger partial charge is 0.271 e. The highest BCUT2D eigenvalue weighted by Crippen LogP contribution is 2.19. The molecule has 2 aromatic rings. The summed E-state index contributed by atoms with van der Waals surface area (Å²) in [5.74, 6) is 0.339. The highest BCUT2D eigenvalue weighted by molar-refractivity contribution is 5.92. The maximum Gasteiger partial charge on any atom is 0.271 e. The van der Waals surface area contributed by atoms with Crippen molar-refractivity contribution in [3.63, 3.8) is 0 Å². The molecule has 0 radical (unpaired) electrons. The Morgan fingerprint density at radius 3 is 2.67 bits per heavy atom. The molecule has 0 atom stereocenters. The SMILES string of the molecule is CC(=O)Nc1ccc(OC2CCN(C(=O)c3ccn[nH]3)CC2)nc1. The van der Waals surface area contributed by atoms with Gasteiger partial charge in [0.2, 0.25) is 11.8 Å². The number of aromatic amines is 1. The summed E-state index contributed by atoms with van der Waals surface area (Å²) in [7, 11) is 0. The van der Waals surface area contributed by atoms with E-state index < -0.39 is 0 Å². The fraction of sp³-hybridized carbons (Fsp3) is 0.375. The molecule has 2 aromatic heterocycles. The third-order valence-corrected chi connectivity index (χ3v) is 3.80. The Kier molecular flexibility index (Phi) is 4.74. The predicted octanol–water partition coefficient (Wildman–Crippen LogP) is 1.45. The third kappa shape index (κ3) is 3.89. The minimum absolute atomic E-state index is 0.0231. The van der Waals surface area contributed by atoms with Crippen LogP contribution in [-0.4, -0.2) is 51.1 Å². The summed E-state index contributed by atoms with van der Waals surface area (Å²) in [5.41, 5.74) is 1.14. The molecule has 0 aromatic carbocycles. The summed E-state index contributed by atoms with van der Waals surface area (Å²) in [5, 5.41) is 9.15. The van der Waals surface area contributed by atoms with Gasteiger partial charge in [0.05, 0.1) is 11.9 Å². The molecule has 2 amide bonds. The number of rotatable bonds is 4. The van der Waals surface area contributed by atoms with Crippen LogP contribution >= 0.6 is 0 Å². The zero-order chi connectivity index (χ0) is 16.9. The van der Waals surface area contributed by atoms with Crippen molar-refractivity contribution >= 4 is 17.5 Å². The van der Waals surface area contributed by atoms with Gasteiger partial charge in [-0.1, -0.05) is 0 Å². The number of hydrogen-bond donors (Lipinski definition) is 2. The quantitative estimate of drug-likeness (QED) is 0.884. The van der Waals surface area contributed by atoms with Crippen molar-refractivity contribution in [2.24, 2.45) is 0 Å². The molecule has 3 rings (SSSR count). The molecule has 1 saturated heterocycles. The summed E-state index contributed by atoms with van der Waals surface area (Å²) < 4.78 is 5.85. The number of carbonyl (C=O) groups excluding carboxylic acids is 2. The van der Waals surface area contributed by atoms with Gasteiger partial charge in [0.1, 0.15) is 11.8 Å². The predicted molar refractivity (Wildman–Crippen MR) is 86.7 cm³/mol. The number of H-pyrrole nitrogens is 1. The van der Waals surface area contributed by atoms with Crippen LogP contribution in [0, 0.1) is 0 Å². The summed E-state index contributed by atoms with van der Waals surface area (Å²) >= 11 is 0. The third-order valence-electron chi connectivity index (χ3n) is 3.80. The van der Waals surface area contributed by atoms with Crippen LogP contribution in [-0.2, 0) is 4.79 Å². The van der Waals surface area contributed by atoms with E-state index in [0.29, 0.717) is 30.4 Å². The van der Waals surface area contributed by atoms with Crippen molar-refractivity contribution in [1.29, 1.82) is 0 Å². The second kappa shape index (κ2) is 7.12. The van der Waals surface area contributed by atoms with Gasteiger partial charge in [-0.15, -0.1) is 0 Å². The number of hydrogen-bond acceptors (Lipinski definition) is 5. The Morgan fingerprint density at radius 1 is 1.29 bits per heavy atom. The first kappa shape index (κ1) is 16.0. The average Bonchev–Trinajstić information content (AvgIpc) is 3.11. The maximum atomic E-state index is 12.2. The summed E-state index contributed by atoms with van der Waals surface area (Å²) in [4.78, 5) is 29.2. The molecule has 2 N–H and O–H groups in total. The van der Waals surface area contributed by atoms with Gasteiger partial charge in [-0.05, 0) is 12.1 Å². The molecule has 0 bridgehead atoms. The van der Waals surface area contributed by atoms with E-state index in [1.165, 1.54) is 6.92 Å². The second-order valence-corrected chi connectivity index (χ2v) is 5.65. The lowest BCUT2D eigenvalue weighted by Gasteiger charge is -2.31. The van der Waals surface area contributed by atoms with E-state index in [1.807, 2.05) is 0 Å². The van der Waals surface area contributed by atoms with Crippen LogP contribution in [0.3, 0.4) is 0 Å². The molecule has 0 unspecified atom stereocenters. The number of pyridine rings is 1. The van der Waals surface area contributed by atoms with Crippen molar-refractivity contribution in [2.75, 3.05) is 18.4 Å². The topological polar surface area (TPSA) is 100 Å². The normalized spacial score (nSPS) is 15.1. The molecule has 8 nitrogen and oxygen atoms in total. The number of nitrogens with zero attached hydrogens (tertiary/aromatic N) is 3. The zero-order valence-corrected chi connectivity index (χ0v) is 13.4. The van der Waals surface area contributed by atoms with E-state index in [1.54, 1.807) is 35.5 Å². The number of likely N-dealkylation sites (tertiary alicyclic amines) is 1. The Labute approximate surface area is 139 Å². The van der Waals surface area contributed by atoms with Gasteiger partial charge in [0, 0.05) is 45.1 Å². The molecule has 0 aliphatic carbocycles. The van der Waals surface area contributed by atoms with Gasteiger partial charge in [0.25, 0.3) is 5.91 Å². The first-order valence-electron chi connectivity index (χ1n) is 7.81. The van der Waals surface area contributed by atoms with Crippen LogP contribution in [0.2, 0.25) is 0 Å². The minimum atomic E-state index is -0.139. The van der Waals surface area contributed by atoms with Crippen molar-refractivity contribution in [2.45, 2.75) is 25.9 Å². The van der Waals surface area contributed by atoms with Crippen LogP contribution in [0.4, 0.5) is 5.69 Å². The van der Waals surface area contributed by atoms with E-state index in [9.17, 15) is 9.59 Å². The number of aromatic nitrogens is 3. The van der Waals surface area contributed by atoms with E-state index >= 15 is 0 Å². The van der Waals surface area contributed by atoms with Crippen LogP contribution in [0.1, 0.15) is 30.3 Å². The number of ether oxygens (including phenoxy) is 1. The van der Waals surface area contributed by atoms with Gasteiger partial charge < -0.3 is 15.0 Å². The Morgan fingerprint density at radius 2 is 2.08 bits per heavy atom.